The highest BCUT2D eigenvalue weighted by Gasteiger charge is 2.22. The lowest BCUT2D eigenvalue weighted by Crippen LogP contribution is -2.45. The second-order valence-electron chi connectivity index (χ2n) is 3.70. The highest BCUT2D eigenvalue weighted by molar-refractivity contribution is 5.85. The van der Waals surface area contributed by atoms with Gasteiger partial charge in [-0.2, -0.15) is 0 Å². The fraction of sp³-hybridized carbons (Fsp3) is 0.778. The Bertz CT molecular complexity index is 213. The summed E-state index contributed by atoms with van der Waals surface area (Å²) < 4.78 is 0. The van der Waals surface area contributed by atoms with E-state index < -0.39 is 24.0 Å². The number of aliphatic carboxylic acids is 1. The highest BCUT2D eigenvalue weighted by atomic mass is 16.4. The lowest BCUT2D eigenvalue weighted by molar-refractivity contribution is -0.143. The molecule has 0 unspecified atom stereocenters. The van der Waals surface area contributed by atoms with Gasteiger partial charge in [0.2, 0.25) is 5.91 Å². The van der Waals surface area contributed by atoms with E-state index in [9.17, 15) is 9.59 Å². The molecule has 0 spiro atoms. The molecule has 0 bridgehead atoms. The number of carboxylic acid groups (broad SMARTS) is 1. The molecule has 82 valence electrons. The van der Waals surface area contributed by atoms with Crippen molar-refractivity contribution in [1.29, 1.82) is 0 Å². The van der Waals surface area contributed by atoms with Crippen molar-refractivity contribution in [1.82, 2.24) is 5.32 Å². The molecule has 0 aromatic rings. The molecule has 0 aromatic heterocycles. The number of carboxylic acids is 1. The number of rotatable bonds is 5. The maximum absolute atomic E-state index is 11.0. The Balaban J connectivity index is 4.23. The van der Waals surface area contributed by atoms with Crippen LogP contribution in [0.2, 0.25) is 0 Å². The largest absolute Gasteiger partial charge is 0.480 e. The van der Waals surface area contributed by atoms with Crippen molar-refractivity contribution in [2.45, 2.75) is 39.3 Å². The van der Waals surface area contributed by atoms with Gasteiger partial charge in [0.15, 0.2) is 0 Å². The molecule has 0 saturated heterocycles. The lowest BCUT2D eigenvalue weighted by atomic mass is 10.0. The van der Waals surface area contributed by atoms with Gasteiger partial charge in [0.05, 0.1) is 0 Å². The van der Waals surface area contributed by atoms with E-state index in [2.05, 4.69) is 5.32 Å². The monoisotopic (exact) mass is 203 g/mol. The average Bonchev–Trinajstić information content (AvgIpc) is 2.01. The van der Waals surface area contributed by atoms with Crippen LogP contribution in [0.25, 0.3) is 0 Å². The molecule has 0 aliphatic carbocycles. The normalized spacial score (nSPS) is 14.9. The number of hydrogen-bond donors (Lipinski definition) is 3. The van der Waals surface area contributed by atoms with Gasteiger partial charge < -0.3 is 15.5 Å². The Morgan fingerprint density at radius 1 is 1.29 bits per heavy atom. The van der Waals surface area contributed by atoms with Crippen LogP contribution in [0.15, 0.2) is 0 Å². The number of carbonyl (C=O) groups is 2. The van der Waals surface area contributed by atoms with E-state index >= 15 is 0 Å². The van der Waals surface area contributed by atoms with E-state index in [1.807, 2.05) is 13.8 Å². The van der Waals surface area contributed by atoms with Gasteiger partial charge in [-0.25, -0.2) is 4.79 Å². The van der Waals surface area contributed by atoms with Crippen molar-refractivity contribution < 1.29 is 19.8 Å². The molecule has 14 heavy (non-hydrogen) atoms. The van der Waals surface area contributed by atoms with Gasteiger partial charge in [0.25, 0.3) is 0 Å². The third-order valence-electron chi connectivity index (χ3n) is 1.70. The Morgan fingerprint density at radius 2 is 1.79 bits per heavy atom. The third-order valence-corrected chi connectivity index (χ3v) is 1.70. The zero-order chi connectivity index (χ0) is 11.3. The van der Waals surface area contributed by atoms with Crippen molar-refractivity contribution in [3.63, 3.8) is 0 Å². The zero-order valence-electron chi connectivity index (χ0n) is 8.65. The van der Waals surface area contributed by atoms with Gasteiger partial charge in [0, 0.05) is 0 Å². The maximum atomic E-state index is 11.0. The first-order valence-electron chi connectivity index (χ1n) is 4.55. The van der Waals surface area contributed by atoms with E-state index in [1.165, 1.54) is 6.92 Å². The summed E-state index contributed by atoms with van der Waals surface area (Å²) in [4.78, 5) is 21.7. The maximum Gasteiger partial charge on any atom is 0.326 e. The molecule has 0 aliphatic heterocycles. The molecule has 0 rings (SSSR count). The van der Waals surface area contributed by atoms with Crippen molar-refractivity contribution >= 4 is 11.9 Å². The summed E-state index contributed by atoms with van der Waals surface area (Å²) in [6.45, 7) is 5.03. The molecule has 0 aromatic carbocycles. The number of hydrogen-bond acceptors (Lipinski definition) is 3. The summed E-state index contributed by atoms with van der Waals surface area (Å²) in [7, 11) is 0. The summed E-state index contributed by atoms with van der Waals surface area (Å²) in [5.41, 5.74) is 0. The summed E-state index contributed by atoms with van der Waals surface area (Å²) in [6, 6.07) is -0.919. The fourth-order valence-corrected chi connectivity index (χ4v) is 0.985. The van der Waals surface area contributed by atoms with Crippen LogP contribution < -0.4 is 5.32 Å². The van der Waals surface area contributed by atoms with Crippen LogP contribution in [0.5, 0.6) is 0 Å². The summed E-state index contributed by atoms with van der Waals surface area (Å²) in [5, 5.41) is 19.9. The summed E-state index contributed by atoms with van der Waals surface area (Å²) in [6.07, 6.45) is -0.822. The molecule has 5 nitrogen and oxygen atoms in total. The molecule has 0 saturated carbocycles. The third kappa shape index (κ3) is 4.81. The molecule has 3 N–H and O–H groups in total. The van der Waals surface area contributed by atoms with Crippen molar-refractivity contribution in [3.05, 3.63) is 0 Å². The van der Waals surface area contributed by atoms with E-state index in [-0.39, 0.29) is 5.92 Å². The number of aliphatic hydroxyl groups is 1. The quantitative estimate of drug-likeness (QED) is 0.586. The first kappa shape index (κ1) is 12.9. The predicted molar refractivity (Wildman–Crippen MR) is 50.7 cm³/mol. The second-order valence-corrected chi connectivity index (χ2v) is 3.70. The van der Waals surface area contributed by atoms with E-state index in [4.69, 9.17) is 10.2 Å². The molecule has 2 atom stereocenters. The molecule has 1 amide bonds. The van der Waals surface area contributed by atoms with Crippen molar-refractivity contribution in [2.24, 2.45) is 5.92 Å². The van der Waals surface area contributed by atoms with Crippen LogP contribution in [0.4, 0.5) is 0 Å². The first-order chi connectivity index (χ1) is 6.34. The molecular formula is C9H17NO4. The van der Waals surface area contributed by atoms with E-state index in [0.29, 0.717) is 6.42 Å². The van der Waals surface area contributed by atoms with E-state index in [1.54, 1.807) is 0 Å². The topological polar surface area (TPSA) is 86.6 Å². The molecule has 0 heterocycles. The number of carbonyl (C=O) groups excluding carboxylic acids is 1. The number of amides is 1. The number of nitrogens with one attached hydrogen (secondary N) is 1. The minimum atomic E-state index is -1.18. The Labute approximate surface area is 83.1 Å². The summed E-state index contributed by atoms with van der Waals surface area (Å²) in [5.74, 6) is -1.56. The second kappa shape index (κ2) is 5.59. The number of aliphatic hydroxyl groups excluding tert-OH is 1. The average molecular weight is 203 g/mol. The zero-order valence-corrected chi connectivity index (χ0v) is 8.65. The SMILES string of the molecule is CC(C)C[C@H](NC(=O)[C@@H](C)O)C(=O)O. The molecule has 0 aliphatic rings. The van der Waals surface area contributed by atoms with Gasteiger partial charge in [-0.1, -0.05) is 13.8 Å². The highest BCUT2D eigenvalue weighted by Crippen LogP contribution is 2.05. The molecular weight excluding hydrogens is 186 g/mol. The Kier molecular flexibility index (Phi) is 5.15. The van der Waals surface area contributed by atoms with Crippen LogP contribution >= 0.6 is 0 Å². The molecule has 0 radical (unpaired) electrons. The first-order valence-corrected chi connectivity index (χ1v) is 4.55. The fourth-order valence-electron chi connectivity index (χ4n) is 0.985. The minimum Gasteiger partial charge on any atom is -0.480 e. The van der Waals surface area contributed by atoms with Gasteiger partial charge >= 0.3 is 5.97 Å². The standard InChI is InChI=1S/C9H17NO4/c1-5(2)4-7(9(13)14)10-8(12)6(3)11/h5-7,11H,4H2,1-3H3,(H,10,12)(H,13,14)/t6-,7+/m1/s1. The van der Waals surface area contributed by atoms with Crippen LogP contribution in [0, 0.1) is 5.92 Å². The van der Waals surface area contributed by atoms with Crippen molar-refractivity contribution in [2.75, 3.05) is 0 Å². The van der Waals surface area contributed by atoms with Gasteiger partial charge in [-0.3, -0.25) is 4.79 Å². The van der Waals surface area contributed by atoms with Crippen LogP contribution in [-0.2, 0) is 9.59 Å². The molecule has 5 heteroatoms. The Morgan fingerprint density at radius 3 is 2.07 bits per heavy atom. The van der Waals surface area contributed by atoms with Gasteiger partial charge in [-0.05, 0) is 19.3 Å². The van der Waals surface area contributed by atoms with E-state index in [0.717, 1.165) is 0 Å². The van der Waals surface area contributed by atoms with Gasteiger partial charge in [0.1, 0.15) is 12.1 Å². The summed E-state index contributed by atoms with van der Waals surface area (Å²) >= 11 is 0. The lowest BCUT2D eigenvalue weighted by Gasteiger charge is -2.17. The minimum absolute atomic E-state index is 0.172. The van der Waals surface area contributed by atoms with Crippen LogP contribution in [-0.4, -0.2) is 34.2 Å². The van der Waals surface area contributed by atoms with Gasteiger partial charge in [-0.15, -0.1) is 0 Å². The predicted octanol–water partition coefficient (Wildman–Crippen LogP) is -0.0173. The Hall–Kier alpha value is -1.10. The molecule has 0 fully saturated rings. The van der Waals surface area contributed by atoms with Crippen molar-refractivity contribution in [3.8, 4) is 0 Å². The van der Waals surface area contributed by atoms with Crippen LogP contribution in [0.3, 0.4) is 0 Å². The smallest absolute Gasteiger partial charge is 0.326 e. The van der Waals surface area contributed by atoms with Crippen LogP contribution in [0.1, 0.15) is 27.2 Å².